The van der Waals surface area contributed by atoms with E-state index in [0.717, 1.165) is 0 Å². The van der Waals surface area contributed by atoms with Crippen molar-refractivity contribution < 1.29 is 12.6 Å². The lowest BCUT2D eigenvalue weighted by Crippen LogP contribution is -2.40. The van der Waals surface area contributed by atoms with Gasteiger partial charge in [0.2, 0.25) is 0 Å². The second-order valence-electron chi connectivity index (χ2n) is 4.83. The Bertz CT molecular complexity index is 276. The Hall–Kier alpha value is -0.130. The predicted molar refractivity (Wildman–Crippen MR) is 67.0 cm³/mol. The zero-order valence-corrected chi connectivity index (χ0v) is 12.0. The van der Waals surface area contributed by atoms with Gasteiger partial charge in [-0.3, -0.25) is 9.08 Å². The van der Waals surface area contributed by atoms with Gasteiger partial charge >= 0.3 is 0 Å². The van der Waals surface area contributed by atoms with Crippen molar-refractivity contribution in [2.45, 2.75) is 59.7 Å². The maximum absolute atomic E-state index is 11.5. The summed E-state index contributed by atoms with van der Waals surface area (Å²) in [6.45, 7) is 12.2. The van der Waals surface area contributed by atoms with Crippen molar-refractivity contribution in [1.82, 2.24) is 4.90 Å². The molecule has 0 saturated heterocycles. The molecule has 0 atom stereocenters. The van der Waals surface area contributed by atoms with E-state index in [4.69, 9.17) is 4.18 Å². The first kappa shape index (κ1) is 15.9. The van der Waals surface area contributed by atoms with Crippen LogP contribution in [0.3, 0.4) is 0 Å². The zero-order valence-electron chi connectivity index (χ0n) is 11.2. The minimum absolute atomic E-state index is 0.0571. The van der Waals surface area contributed by atoms with Gasteiger partial charge in [-0.25, -0.2) is 0 Å². The summed E-state index contributed by atoms with van der Waals surface area (Å²) < 4.78 is 28.0. The van der Waals surface area contributed by atoms with Gasteiger partial charge in [0.1, 0.15) is 0 Å². The van der Waals surface area contributed by atoms with E-state index in [1.807, 2.05) is 0 Å². The average molecular weight is 251 g/mol. The number of nitrogens with zero attached hydrogens (tertiary/aromatic N) is 1. The van der Waals surface area contributed by atoms with Crippen LogP contribution in [-0.4, -0.2) is 43.8 Å². The number of hydrogen-bond acceptors (Lipinski definition) is 4. The van der Waals surface area contributed by atoms with E-state index in [9.17, 15) is 8.42 Å². The first-order valence-corrected chi connectivity index (χ1v) is 7.40. The lowest BCUT2D eigenvalue weighted by Gasteiger charge is -2.30. The number of hydrogen-bond donors (Lipinski definition) is 0. The molecule has 0 aliphatic heterocycles. The van der Waals surface area contributed by atoms with Gasteiger partial charge in [0.15, 0.2) is 0 Å². The van der Waals surface area contributed by atoms with Crippen LogP contribution in [0.2, 0.25) is 0 Å². The Morgan fingerprint density at radius 3 is 1.75 bits per heavy atom. The molecule has 0 unspecified atom stereocenters. The SMILES string of the molecule is CC(C)OS(=O)(=O)CCN(C(C)C)C(C)C. The fourth-order valence-electron chi connectivity index (χ4n) is 1.67. The molecule has 0 aromatic heterocycles. The third-order valence-corrected chi connectivity index (χ3v) is 3.63. The van der Waals surface area contributed by atoms with Crippen LogP contribution in [0.1, 0.15) is 41.5 Å². The van der Waals surface area contributed by atoms with E-state index < -0.39 is 10.1 Å². The van der Waals surface area contributed by atoms with Gasteiger partial charge < -0.3 is 0 Å². The van der Waals surface area contributed by atoms with Crippen molar-refractivity contribution in [3.8, 4) is 0 Å². The monoisotopic (exact) mass is 251 g/mol. The van der Waals surface area contributed by atoms with E-state index >= 15 is 0 Å². The van der Waals surface area contributed by atoms with E-state index in [1.54, 1.807) is 13.8 Å². The summed E-state index contributed by atoms with van der Waals surface area (Å²) >= 11 is 0. The van der Waals surface area contributed by atoms with Crippen molar-refractivity contribution in [3.63, 3.8) is 0 Å². The Balaban J connectivity index is 4.31. The Morgan fingerprint density at radius 1 is 1.00 bits per heavy atom. The molecule has 0 N–H and O–H groups in total. The molecule has 0 bridgehead atoms. The highest BCUT2D eigenvalue weighted by atomic mass is 32.2. The number of rotatable bonds is 7. The maximum atomic E-state index is 11.5. The molecule has 16 heavy (non-hydrogen) atoms. The Labute approximate surface area is 100 Å². The molecule has 0 aromatic rings. The second kappa shape index (κ2) is 6.57. The molecule has 0 rings (SSSR count). The van der Waals surface area contributed by atoms with Crippen LogP contribution in [0.25, 0.3) is 0 Å². The summed E-state index contributed by atoms with van der Waals surface area (Å²) in [5.74, 6) is 0.0571. The first-order valence-electron chi connectivity index (χ1n) is 5.82. The van der Waals surface area contributed by atoms with Crippen LogP contribution in [0.5, 0.6) is 0 Å². The maximum Gasteiger partial charge on any atom is 0.268 e. The van der Waals surface area contributed by atoms with Gasteiger partial charge in [0.25, 0.3) is 10.1 Å². The normalized spacial score (nSPS) is 13.4. The van der Waals surface area contributed by atoms with E-state index in [-0.39, 0.29) is 11.9 Å². The topological polar surface area (TPSA) is 46.6 Å². The predicted octanol–water partition coefficient (Wildman–Crippen LogP) is 1.86. The molecule has 0 saturated carbocycles. The summed E-state index contributed by atoms with van der Waals surface area (Å²) in [6.07, 6.45) is -0.281. The van der Waals surface area contributed by atoms with Crippen LogP contribution in [-0.2, 0) is 14.3 Å². The summed E-state index contributed by atoms with van der Waals surface area (Å²) in [5.41, 5.74) is 0. The molecule has 0 fully saturated rings. The zero-order chi connectivity index (χ0) is 12.9. The molecule has 0 amide bonds. The van der Waals surface area contributed by atoms with Crippen molar-refractivity contribution in [2.24, 2.45) is 0 Å². The standard InChI is InChI=1S/C11H25NO3S/c1-9(2)12(10(3)4)7-8-16(13,14)15-11(5)6/h9-11H,7-8H2,1-6H3. The molecule has 0 heterocycles. The van der Waals surface area contributed by atoms with Gasteiger partial charge in [0, 0.05) is 18.6 Å². The minimum atomic E-state index is -3.38. The molecular formula is C11H25NO3S. The minimum Gasteiger partial charge on any atom is -0.297 e. The van der Waals surface area contributed by atoms with Crippen molar-refractivity contribution in [2.75, 3.05) is 12.3 Å². The fraction of sp³-hybridized carbons (Fsp3) is 1.00. The van der Waals surface area contributed by atoms with E-state index in [0.29, 0.717) is 18.6 Å². The van der Waals surface area contributed by atoms with Gasteiger partial charge in [-0.05, 0) is 41.5 Å². The Morgan fingerprint density at radius 2 is 1.44 bits per heavy atom. The molecule has 4 nitrogen and oxygen atoms in total. The molecule has 0 aliphatic rings. The molecule has 5 heteroatoms. The summed E-state index contributed by atoms with van der Waals surface area (Å²) in [5, 5.41) is 0. The summed E-state index contributed by atoms with van der Waals surface area (Å²) in [4.78, 5) is 2.14. The third-order valence-electron chi connectivity index (χ3n) is 2.27. The van der Waals surface area contributed by atoms with Crippen LogP contribution in [0.4, 0.5) is 0 Å². The van der Waals surface area contributed by atoms with Gasteiger partial charge in [-0.15, -0.1) is 0 Å². The van der Waals surface area contributed by atoms with Crippen LogP contribution in [0.15, 0.2) is 0 Å². The third kappa shape index (κ3) is 6.45. The summed E-state index contributed by atoms with van der Waals surface area (Å²) in [6, 6.07) is 0.684. The van der Waals surface area contributed by atoms with Crippen molar-refractivity contribution >= 4 is 10.1 Å². The largest absolute Gasteiger partial charge is 0.297 e. The molecule has 0 spiro atoms. The lowest BCUT2D eigenvalue weighted by molar-refractivity contribution is 0.182. The molecule has 98 valence electrons. The van der Waals surface area contributed by atoms with Crippen molar-refractivity contribution in [1.29, 1.82) is 0 Å². The Kier molecular flexibility index (Phi) is 6.51. The highest BCUT2D eigenvalue weighted by Crippen LogP contribution is 2.07. The van der Waals surface area contributed by atoms with Crippen LogP contribution >= 0.6 is 0 Å². The molecule has 0 aromatic carbocycles. The van der Waals surface area contributed by atoms with Gasteiger partial charge in [0.05, 0.1) is 11.9 Å². The average Bonchev–Trinajstić information content (AvgIpc) is 1.99. The quantitative estimate of drug-likeness (QED) is 0.648. The van der Waals surface area contributed by atoms with Gasteiger partial charge in [-0.2, -0.15) is 8.42 Å². The fourth-order valence-corrected chi connectivity index (χ4v) is 2.79. The highest BCUT2D eigenvalue weighted by molar-refractivity contribution is 7.86. The van der Waals surface area contributed by atoms with Gasteiger partial charge in [-0.1, -0.05) is 0 Å². The van der Waals surface area contributed by atoms with Crippen LogP contribution < -0.4 is 0 Å². The second-order valence-corrected chi connectivity index (χ2v) is 6.55. The molecular weight excluding hydrogens is 226 g/mol. The summed E-state index contributed by atoms with van der Waals surface area (Å²) in [7, 11) is -3.38. The van der Waals surface area contributed by atoms with E-state index in [1.165, 1.54) is 0 Å². The highest BCUT2D eigenvalue weighted by Gasteiger charge is 2.19. The van der Waals surface area contributed by atoms with E-state index in [2.05, 4.69) is 32.6 Å². The van der Waals surface area contributed by atoms with Crippen LogP contribution in [0, 0.1) is 0 Å². The first-order chi connectivity index (χ1) is 7.15. The molecule has 0 aliphatic carbocycles. The van der Waals surface area contributed by atoms with Crippen molar-refractivity contribution in [3.05, 3.63) is 0 Å². The molecule has 0 radical (unpaired) electrons. The smallest absolute Gasteiger partial charge is 0.268 e. The lowest BCUT2D eigenvalue weighted by atomic mass is 10.2.